The molecule has 1 aromatic rings. The molecule has 140 valence electrons. The zero-order chi connectivity index (χ0) is 18.7. The van der Waals surface area contributed by atoms with Crippen LogP contribution in [0.4, 0.5) is 0 Å². The van der Waals surface area contributed by atoms with Gasteiger partial charge in [-0.2, -0.15) is 0 Å². The molecule has 2 atom stereocenters. The molecule has 0 radical (unpaired) electrons. The first kappa shape index (κ1) is 21.3. The lowest BCUT2D eigenvalue weighted by Gasteiger charge is -2.15. The Morgan fingerprint density at radius 2 is 2.04 bits per heavy atom. The number of nitrogens with two attached hydrogens (primary N) is 1. The van der Waals surface area contributed by atoms with Gasteiger partial charge in [0.15, 0.2) is 0 Å². The molecule has 1 aromatic carbocycles. The lowest BCUT2D eigenvalue weighted by Crippen LogP contribution is -2.40. The van der Waals surface area contributed by atoms with E-state index in [1.165, 1.54) is 0 Å². The summed E-state index contributed by atoms with van der Waals surface area (Å²) in [6.45, 7) is 2.94. The molecule has 0 saturated carbocycles. The number of benzene rings is 1. The first-order valence-corrected chi connectivity index (χ1v) is 8.98. The second kappa shape index (κ2) is 11.7. The lowest BCUT2D eigenvalue weighted by molar-refractivity contribution is -0.139. The van der Waals surface area contributed by atoms with Gasteiger partial charge in [-0.05, 0) is 63.8 Å². The second-order valence-corrected chi connectivity index (χ2v) is 6.69. The van der Waals surface area contributed by atoms with Crippen LogP contribution in [-0.4, -0.2) is 41.6 Å². The molecule has 0 aliphatic rings. The molecule has 0 aliphatic heterocycles. The summed E-state index contributed by atoms with van der Waals surface area (Å²) in [7, 11) is 0. The largest absolute Gasteiger partial charge is 0.494 e. The van der Waals surface area contributed by atoms with Gasteiger partial charge in [0.1, 0.15) is 11.8 Å². The summed E-state index contributed by atoms with van der Waals surface area (Å²) >= 11 is 5.88. The van der Waals surface area contributed by atoms with Gasteiger partial charge < -0.3 is 20.9 Å². The van der Waals surface area contributed by atoms with Crippen LogP contribution in [0.15, 0.2) is 24.3 Å². The van der Waals surface area contributed by atoms with Crippen molar-refractivity contribution in [3.05, 3.63) is 29.8 Å². The van der Waals surface area contributed by atoms with E-state index in [4.69, 9.17) is 22.1 Å². The number of rotatable bonds is 12. The van der Waals surface area contributed by atoms with E-state index in [0.717, 1.165) is 19.3 Å². The van der Waals surface area contributed by atoms with E-state index >= 15 is 0 Å². The fraction of sp³-hybridized carbons (Fsp3) is 0.556. The molecular weight excluding hydrogens is 344 g/mol. The van der Waals surface area contributed by atoms with Crippen LogP contribution in [0.1, 0.15) is 49.4 Å². The van der Waals surface area contributed by atoms with Gasteiger partial charge in [0, 0.05) is 10.9 Å². The van der Waals surface area contributed by atoms with Crippen molar-refractivity contribution < 1.29 is 19.4 Å². The molecule has 4 N–H and O–H groups in total. The zero-order valence-corrected chi connectivity index (χ0v) is 15.3. The van der Waals surface area contributed by atoms with Crippen LogP contribution in [0.25, 0.3) is 0 Å². The highest BCUT2D eigenvalue weighted by Gasteiger charge is 2.20. The third-order valence-corrected chi connectivity index (χ3v) is 3.88. The molecule has 25 heavy (non-hydrogen) atoms. The number of alkyl halides is 1. The molecule has 1 amide bonds. The van der Waals surface area contributed by atoms with Gasteiger partial charge >= 0.3 is 5.97 Å². The number of ether oxygens (including phenoxy) is 1. The minimum absolute atomic E-state index is 0.105. The maximum absolute atomic E-state index is 12.3. The summed E-state index contributed by atoms with van der Waals surface area (Å²) in [5.74, 6) is -0.905. The SMILES string of the molecule is CC(Cl)CCCOc1cccc(C(=O)N[C@@H](CCCCN)C(=O)O)c1. The summed E-state index contributed by atoms with van der Waals surface area (Å²) in [6.07, 6.45) is 3.40. The average Bonchev–Trinajstić information content (AvgIpc) is 2.58. The third kappa shape index (κ3) is 8.74. The highest BCUT2D eigenvalue weighted by Crippen LogP contribution is 2.15. The smallest absolute Gasteiger partial charge is 0.326 e. The summed E-state index contributed by atoms with van der Waals surface area (Å²) in [5.41, 5.74) is 5.78. The Labute approximate surface area is 153 Å². The Balaban J connectivity index is 2.58. The molecule has 0 bridgehead atoms. The molecule has 1 unspecified atom stereocenters. The molecule has 0 aromatic heterocycles. The van der Waals surface area contributed by atoms with Crippen LogP contribution in [0, 0.1) is 0 Å². The van der Waals surface area contributed by atoms with Crippen molar-refractivity contribution in [3.8, 4) is 5.75 Å². The number of carboxylic acids is 1. The van der Waals surface area contributed by atoms with Crippen molar-refractivity contribution in [2.75, 3.05) is 13.2 Å². The minimum Gasteiger partial charge on any atom is -0.494 e. The van der Waals surface area contributed by atoms with Crippen LogP contribution in [-0.2, 0) is 4.79 Å². The van der Waals surface area contributed by atoms with Crippen molar-refractivity contribution in [3.63, 3.8) is 0 Å². The number of aliphatic carboxylic acids is 1. The number of amides is 1. The molecule has 0 spiro atoms. The van der Waals surface area contributed by atoms with Gasteiger partial charge in [-0.3, -0.25) is 4.79 Å². The molecule has 0 aliphatic carbocycles. The van der Waals surface area contributed by atoms with E-state index in [-0.39, 0.29) is 5.38 Å². The van der Waals surface area contributed by atoms with Gasteiger partial charge in [0.25, 0.3) is 5.91 Å². The molecule has 0 fully saturated rings. The number of carbonyl (C=O) groups excluding carboxylic acids is 1. The van der Waals surface area contributed by atoms with Gasteiger partial charge in [0.2, 0.25) is 0 Å². The van der Waals surface area contributed by atoms with E-state index in [1.54, 1.807) is 24.3 Å². The fourth-order valence-corrected chi connectivity index (χ4v) is 2.43. The molecule has 7 heteroatoms. The maximum Gasteiger partial charge on any atom is 0.326 e. The van der Waals surface area contributed by atoms with Crippen LogP contribution in [0.3, 0.4) is 0 Å². The number of nitrogens with one attached hydrogen (secondary N) is 1. The summed E-state index contributed by atoms with van der Waals surface area (Å²) < 4.78 is 5.61. The number of unbranched alkanes of at least 4 members (excludes halogenated alkanes) is 1. The van der Waals surface area contributed by atoms with Gasteiger partial charge in [-0.1, -0.05) is 6.07 Å². The van der Waals surface area contributed by atoms with E-state index < -0.39 is 17.9 Å². The number of hydrogen-bond acceptors (Lipinski definition) is 4. The maximum atomic E-state index is 12.3. The first-order chi connectivity index (χ1) is 11.9. The van der Waals surface area contributed by atoms with Crippen LogP contribution in [0.2, 0.25) is 0 Å². The Bertz CT molecular complexity index is 552. The van der Waals surface area contributed by atoms with E-state index in [0.29, 0.717) is 37.3 Å². The summed E-state index contributed by atoms with van der Waals surface area (Å²) in [4.78, 5) is 23.6. The molecule has 0 saturated heterocycles. The Hall–Kier alpha value is -1.79. The van der Waals surface area contributed by atoms with Crippen LogP contribution in [0.5, 0.6) is 5.75 Å². The predicted molar refractivity (Wildman–Crippen MR) is 98.3 cm³/mol. The standard InChI is InChI=1S/C18H27ClN2O4/c1-13(19)6-5-11-25-15-8-4-7-14(12-15)17(22)21-16(18(23)24)9-2-3-10-20/h4,7-8,12-13,16H,2-3,5-6,9-11,20H2,1H3,(H,21,22)(H,23,24)/t13?,16-/m0/s1. The van der Waals surface area contributed by atoms with Gasteiger partial charge in [-0.25, -0.2) is 4.79 Å². The second-order valence-electron chi connectivity index (χ2n) is 5.95. The van der Waals surface area contributed by atoms with Crippen molar-refractivity contribution in [2.45, 2.75) is 50.4 Å². The highest BCUT2D eigenvalue weighted by atomic mass is 35.5. The molecule has 0 heterocycles. The van der Waals surface area contributed by atoms with E-state index in [9.17, 15) is 14.7 Å². The number of carboxylic acid groups (broad SMARTS) is 1. The first-order valence-electron chi connectivity index (χ1n) is 8.54. The van der Waals surface area contributed by atoms with Crippen molar-refractivity contribution in [1.82, 2.24) is 5.32 Å². The lowest BCUT2D eigenvalue weighted by atomic mass is 10.1. The monoisotopic (exact) mass is 370 g/mol. The summed E-state index contributed by atoms with van der Waals surface area (Å²) in [5, 5.41) is 11.9. The van der Waals surface area contributed by atoms with Crippen molar-refractivity contribution >= 4 is 23.5 Å². The van der Waals surface area contributed by atoms with Gasteiger partial charge in [-0.15, -0.1) is 11.6 Å². The quantitative estimate of drug-likeness (QED) is 0.388. The Morgan fingerprint density at radius 3 is 2.68 bits per heavy atom. The Morgan fingerprint density at radius 1 is 1.28 bits per heavy atom. The van der Waals surface area contributed by atoms with Crippen LogP contribution >= 0.6 is 11.6 Å². The number of carbonyl (C=O) groups is 2. The van der Waals surface area contributed by atoms with Crippen molar-refractivity contribution in [1.29, 1.82) is 0 Å². The minimum atomic E-state index is -1.05. The van der Waals surface area contributed by atoms with E-state index in [1.807, 2.05) is 6.92 Å². The predicted octanol–water partition coefficient (Wildman–Crippen LogP) is 2.78. The number of hydrogen-bond donors (Lipinski definition) is 3. The third-order valence-electron chi connectivity index (χ3n) is 3.66. The Kier molecular flexibility index (Phi) is 9.96. The van der Waals surface area contributed by atoms with Crippen LogP contribution < -0.4 is 15.8 Å². The van der Waals surface area contributed by atoms with Gasteiger partial charge in [0.05, 0.1) is 6.61 Å². The topological polar surface area (TPSA) is 102 Å². The molecule has 1 rings (SSSR count). The van der Waals surface area contributed by atoms with Crippen molar-refractivity contribution in [2.24, 2.45) is 5.73 Å². The normalized spacial score (nSPS) is 13.1. The summed E-state index contributed by atoms with van der Waals surface area (Å²) in [6, 6.07) is 5.78. The molecule has 6 nitrogen and oxygen atoms in total. The zero-order valence-electron chi connectivity index (χ0n) is 14.5. The molecular formula is C18H27ClN2O4. The average molecular weight is 371 g/mol. The van der Waals surface area contributed by atoms with E-state index in [2.05, 4.69) is 5.32 Å². The highest BCUT2D eigenvalue weighted by molar-refractivity contribution is 6.20. The number of halogens is 1. The fourth-order valence-electron chi connectivity index (χ4n) is 2.27.